The van der Waals surface area contributed by atoms with E-state index in [9.17, 15) is 9.18 Å². The van der Waals surface area contributed by atoms with Crippen LogP contribution < -0.4 is 4.74 Å². The van der Waals surface area contributed by atoms with Crippen molar-refractivity contribution in [3.63, 3.8) is 0 Å². The molecule has 0 saturated heterocycles. The van der Waals surface area contributed by atoms with Crippen molar-refractivity contribution in [3.8, 4) is 11.5 Å². The van der Waals surface area contributed by atoms with E-state index in [4.69, 9.17) is 4.74 Å². The Labute approximate surface area is 124 Å². The second-order valence-electron chi connectivity index (χ2n) is 4.25. The number of rotatable bonds is 3. The Morgan fingerprint density at radius 3 is 2.60 bits per heavy atom. The SMILES string of the molecule is CN(C)C(=O)c1cc(Oc2ccc(Br)c(F)c2)ccn1. The summed E-state index contributed by atoms with van der Waals surface area (Å²) >= 11 is 3.07. The van der Waals surface area contributed by atoms with Crippen molar-refractivity contribution in [2.75, 3.05) is 14.1 Å². The van der Waals surface area contributed by atoms with E-state index in [0.717, 1.165) is 0 Å². The highest BCUT2D eigenvalue weighted by Gasteiger charge is 2.11. The molecule has 0 aliphatic carbocycles. The van der Waals surface area contributed by atoms with Crippen LogP contribution in [0.25, 0.3) is 0 Å². The summed E-state index contributed by atoms with van der Waals surface area (Å²) in [5, 5.41) is 0. The number of carbonyl (C=O) groups is 1. The Kier molecular flexibility index (Phi) is 4.34. The number of aromatic nitrogens is 1. The van der Waals surface area contributed by atoms with Gasteiger partial charge in [-0.3, -0.25) is 9.78 Å². The molecule has 0 aliphatic rings. The van der Waals surface area contributed by atoms with E-state index < -0.39 is 5.82 Å². The maximum atomic E-state index is 13.4. The van der Waals surface area contributed by atoms with Crippen LogP contribution in [-0.2, 0) is 0 Å². The number of hydrogen-bond acceptors (Lipinski definition) is 3. The van der Waals surface area contributed by atoms with E-state index in [1.54, 1.807) is 32.3 Å². The molecule has 1 amide bonds. The zero-order chi connectivity index (χ0) is 14.7. The first-order valence-electron chi connectivity index (χ1n) is 5.78. The fourth-order valence-corrected chi connectivity index (χ4v) is 1.74. The predicted molar refractivity (Wildman–Crippen MR) is 76.4 cm³/mol. The summed E-state index contributed by atoms with van der Waals surface area (Å²) in [6.45, 7) is 0. The number of pyridine rings is 1. The largest absolute Gasteiger partial charge is 0.457 e. The number of amides is 1. The molecule has 2 rings (SSSR count). The third-order valence-electron chi connectivity index (χ3n) is 2.48. The number of benzene rings is 1. The minimum Gasteiger partial charge on any atom is -0.457 e. The average molecular weight is 339 g/mol. The van der Waals surface area contributed by atoms with Crippen molar-refractivity contribution in [1.82, 2.24) is 9.88 Å². The smallest absolute Gasteiger partial charge is 0.272 e. The van der Waals surface area contributed by atoms with Crippen molar-refractivity contribution in [2.45, 2.75) is 0 Å². The molecule has 1 aromatic heterocycles. The van der Waals surface area contributed by atoms with E-state index in [-0.39, 0.29) is 11.6 Å². The van der Waals surface area contributed by atoms with Gasteiger partial charge in [-0.05, 0) is 34.1 Å². The fourth-order valence-electron chi connectivity index (χ4n) is 1.50. The van der Waals surface area contributed by atoms with Crippen LogP contribution in [0.1, 0.15) is 10.5 Å². The van der Waals surface area contributed by atoms with Crippen LogP contribution in [0, 0.1) is 5.82 Å². The topological polar surface area (TPSA) is 42.4 Å². The molecule has 0 fully saturated rings. The molecule has 104 valence electrons. The normalized spacial score (nSPS) is 10.2. The molecule has 0 spiro atoms. The molecule has 0 unspecified atom stereocenters. The number of ether oxygens (including phenoxy) is 1. The monoisotopic (exact) mass is 338 g/mol. The first kappa shape index (κ1) is 14.5. The fraction of sp³-hybridized carbons (Fsp3) is 0.143. The average Bonchev–Trinajstić information content (AvgIpc) is 2.42. The van der Waals surface area contributed by atoms with E-state index in [2.05, 4.69) is 20.9 Å². The van der Waals surface area contributed by atoms with Crippen LogP contribution in [0.4, 0.5) is 4.39 Å². The zero-order valence-corrected chi connectivity index (χ0v) is 12.5. The molecule has 0 atom stereocenters. The first-order chi connectivity index (χ1) is 9.47. The second-order valence-corrected chi connectivity index (χ2v) is 5.11. The molecule has 1 heterocycles. The Balaban J connectivity index is 2.23. The third kappa shape index (κ3) is 3.33. The number of nitrogens with zero attached hydrogens (tertiary/aromatic N) is 2. The summed E-state index contributed by atoms with van der Waals surface area (Å²) in [7, 11) is 3.28. The number of hydrogen-bond donors (Lipinski definition) is 0. The van der Waals surface area contributed by atoms with Gasteiger partial charge < -0.3 is 9.64 Å². The zero-order valence-electron chi connectivity index (χ0n) is 10.9. The molecule has 0 N–H and O–H groups in total. The highest BCUT2D eigenvalue weighted by atomic mass is 79.9. The molecule has 6 heteroatoms. The lowest BCUT2D eigenvalue weighted by atomic mass is 10.3. The summed E-state index contributed by atoms with van der Waals surface area (Å²) in [6.07, 6.45) is 1.47. The van der Waals surface area contributed by atoms with Crippen LogP contribution in [0.2, 0.25) is 0 Å². The van der Waals surface area contributed by atoms with Gasteiger partial charge in [-0.1, -0.05) is 0 Å². The van der Waals surface area contributed by atoms with Gasteiger partial charge in [0.05, 0.1) is 4.47 Å². The van der Waals surface area contributed by atoms with Crippen LogP contribution in [0.5, 0.6) is 11.5 Å². The van der Waals surface area contributed by atoms with Gasteiger partial charge in [-0.25, -0.2) is 4.39 Å². The van der Waals surface area contributed by atoms with Crippen LogP contribution in [0.3, 0.4) is 0 Å². The quantitative estimate of drug-likeness (QED) is 0.860. The Hall–Kier alpha value is -1.95. The summed E-state index contributed by atoms with van der Waals surface area (Å²) in [6, 6.07) is 7.56. The van der Waals surface area contributed by atoms with Crippen molar-refractivity contribution in [2.24, 2.45) is 0 Å². The molecule has 0 aliphatic heterocycles. The lowest BCUT2D eigenvalue weighted by Crippen LogP contribution is -2.22. The summed E-state index contributed by atoms with van der Waals surface area (Å²) in [5.41, 5.74) is 0.269. The molecule has 0 saturated carbocycles. The third-order valence-corrected chi connectivity index (χ3v) is 3.13. The minimum absolute atomic E-state index is 0.225. The molecule has 0 radical (unpaired) electrons. The van der Waals surface area contributed by atoms with Crippen LogP contribution >= 0.6 is 15.9 Å². The first-order valence-corrected chi connectivity index (χ1v) is 6.57. The molecule has 2 aromatic rings. The maximum absolute atomic E-state index is 13.4. The van der Waals surface area contributed by atoms with E-state index in [1.807, 2.05) is 0 Å². The lowest BCUT2D eigenvalue weighted by molar-refractivity contribution is 0.0821. The van der Waals surface area contributed by atoms with E-state index in [0.29, 0.717) is 16.0 Å². The van der Waals surface area contributed by atoms with E-state index in [1.165, 1.54) is 23.2 Å². The lowest BCUT2D eigenvalue weighted by Gasteiger charge is -2.11. The van der Waals surface area contributed by atoms with Gasteiger partial charge in [0, 0.05) is 32.4 Å². The highest BCUT2D eigenvalue weighted by Crippen LogP contribution is 2.25. The highest BCUT2D eigenvalue weighted by molar-refractivity contribution is 9.10. The molecule has 20 heavy (non-hydrogen) atoms. The summed E-state index contributed by atoms with van der Waals surface area (Å²) in [5.74, 6) is 0.130. The van der Waals surface area contributed by atoms with Gasteiger partial charge in [-0.15, -0.1) is 0 Å². The molecule has 4 nitrogen and oxygen atoms in total. The van der Waals surface area contributed by atoms with Gasteiger partial charge in [0.2, 0.25) is 0 Å². The summed E-state index contributed by atoms with van der Waals surface area (Å²) in [4.78, 5) is 17.2. The van der Waals surface area contributed by atoms with Crippen LogP contribution in [0.15, 0.2) is 41.0 Å². The Morgan fingerprint density at radius 1 is 1.25 bits per heavy atom. The molecular formula is C14H12BrFN2O2. The molecular weight excluding hydrogens is 327 g/mol. The van der Waals surface area contributed by atoms with Gasteiger partial charge >= 0.3 is 0 Å². The van der Waals surface area contributed by atoms with E-state index >= 15 is 0 Å². The van der Waals surface area contributed by atoms with Gasteiger partial charge in [-0.2, -0.15) is 0 Å². The van der Waals surface area contributed by atoms with Gasteiger partial charge in [0.1, 0.15) is 23.0 Å². The molecule has 1 aromatic carbocycles. The van der Waals surface area contributed by atoms with Gasteiger partial charge in [0.15, 0.2) is 0 Å². The second kappa shape index (κ2) is 6.00. The Morgan fingerprint density at radius 2 is 1.95 bits per heavy atom. The minimum atomic E-state index is -0.416. The van der Waals surface area contributed by atoms with Crippen molar-refractivity contribution >= 4 is 21.8 Å². The van der Waals surface area contributed by atoms with Gasteiger partial charge in [0.25, 0.3) is 5.91 Å². The maximum Gasteiger partial charge on any atom is 0.272 e. The predicted octanol–water partition coefficient (Wildman–Crippen LogP) is 3.48. The van der Waals surface area contributed by atoms with Crippen molar-refractivity contribution < 1.29 is 13.9 Å². The summed E-state index contributed by atoms with van der Waals surface area (Å²) < 4.78 is 19.3. The standard InChI is InChI=1S/C14H12BrFN2O2/c1-18(2)14(19)13-8-10(5-6-17-13)20-9-3-4-11(15)12(16)7-9/h3-8H,1-2H3. The van der Waals surface area contributed by atoms with Crippen molar-refractivity contribution in [1.29, 1.82) is 0 Å². The number of carbonyl (C=O) groups excluding carboxylic acids is 1. The Bertz CT molecular complexity index is 647. The number of halogens is 2. The van der Waals surface area contributed by atoms with Crippen LogP contribution in [-0.4, -0.2) is 29.9 Å². The molecule has 0 bridgehead atoms. The van der Waals surface area contributed by atoms with Crippen molar-refractivity contribution in [3.05, 3.63) is 52.5 Å².